The van der Waals surface area contributed by atoms with Gasteiger partial charge >= 0.3 is 0 Å². The topological polar surface area (TPSA) is 46.9 Å². The highest BCUT2D eigenvalue weighted by Gasteiger charge is 2.08. The van der Waals surface area contributed by atoms with Crippen molar-refractivity contribution in [3.8, 4) is 0 Å². The first-order chi connectivity index (χ1) is 11.4. The second kappa shape index (κ2) is 7.40. The molecule has 2 aromatic carbocycles. The van der Waals surface area contributed by atoms with E-state index in [0.717, 1.165) is 29.8 Å². The van der Waals surface area contributed by atoms with E-state index in [9.17, 15) is 4.79 Å². The average Bonchev–Trinajstić information content (AvgIpc) is 2.94. The summed E-state index contributed by atoms with van der Waals surface area (Å²) < 4.78 is 2.20. The van der Waals surface area contributed by atoms with Crippen molar-refractivity contribution in [1.29, 1.82) is 0 Å². The fourth-order valence-electron chi connectivity index (χ4n) is 2.62. The predicted molar refractivity (Wildman–Crippen MR) is 93.0 cm³/mol. The molecule has 1 amide bonds. The van der Waals surface area contributed by atoms with Gasteiger partial charge in [-0.15, -0.1) is 0 Å². The Morgan fingerprint density at radius 2 is 1.83 bits per heavy atom. The summed E-state index contributed by atoms with van der Waals surface area (Å²) in [5.74, 6) is 0.985. The number of hydrogen-bond acceptors (Lipinski definition) is 2. The normalized spacial score (nSPS) is 11.1. The fourth-order valence-corrected chi connectivity index (χ4v) is 2.62. The van der Waals surface area contributed by atoms with Gasteiger partial charge in [0.25, 0.3) is 0 Å². The molecule has 0 unspecified atom stereocenters. The van der Waals surface area contributed by atoms with E-state index in [1.807, 2.05) is 36.4 Å². The summed E-state index contributed by atoms with van der Waals surface area (Å²) in [4.78, 5) is 15.1. The third-order valence-electron chi connectivity index (χ3n) is 3.71. The highest BCUT2D eigenvalue weighted by molar-refractivity contribution is 5.76. The molecular weight excluding hydrogens is 286 g/mol. The van der Waals surface area contributed by atoms with Crippen molar-refractivity contribution in [3.63, 3.8) is 0 Å². The van der Waals surface area contributed by atoms with Gasteiger partial charge in [-0.2, -0.15) is 0 Å². The second-order valence-corrected chi connectivity index (χ2v) is 5.26. The Balaban J connectivity index is 1.83. The lowest BCUT2D eigenvalue weighted by atomic mass is 10.2. The number of aromatic nitrogens is 2. The summed E-state index contributed by atoms with van der Waals surface area (Å²) >= 11 is 0. The van der Waals surface area contributed by atoms with Gasteiger partial charge in [0, 0.05) is 19.5 Å². The maximum absolute atomic E-state index is 10.4. The van der Waals surface area contributed by atoms with Gasteiger partial charge in [0.1, 0.15) is 5.82 Å². The highest BCUT2D eigenvalue weighted by atomic mass is 16.1. The Morgan fingerprint density at radius 3 is 2.65 bits per heavy atom. The first-order valence-corrected chi connectivity index (χ1v) is 7.71. The van der Waals surface area contributed by atoms with Gasteiger partial charge in [0.05, 0.1) is 11.0 Å². The summed E-state index contributed by atoms with van der Waals surface area (Å²) in [6.07, 6.45) is 5.69. The first kappa shape index (κ1) is 15.0. The van der Waals surface area contributed by atoms with Crippen LogP contribution in [0.15, 0.2) is 60.7 Å². The van der Waals surface area contributed by atoms with Gasteiger partial charge in [-0.1, -0.05) is 54.6 Å². The predicted octanol–water partition coefficient (Wildman–Crippen LogP) is 3.04. The summed E-state index contributed by atoms with van der Waals surface area (Å²) in [5.41, 5.74) is 3.29. The number of hydrogen-bond donors (Lipinski definition) is 1. The van der Waals surface area contributed by atoms with Gasteiger partial charge in [-0.3, -0.25) is 4.79 Å². The Morgan fingerprint density at radius 1 is 1.04 bits per heavy atom. The molecule has 3 aromatic rings. The van der Waals surface area contributed by atoms with Crippen LogP contribution in [0.4, 0.5) is 0 Å². The van der Waals surface area contributed by atoms with Crippen molar-refractivity contribution in [2.24, 2.45) is 0 Å². The lowest BCUT2D eigenvalue weighted by Gasteiger charge is -2.06. The summed E-state index contributed by atoms with van der Waals surface area (Å²) in [5, 5.41) is 2.70. The van der Waals surface area contributed by atoms with E-state index in [1.165, 1.54) is 5.56 Å². The van der Waals surface area contributed by atoms with Crippen LogP contribution in [-0.2, 0) is 17.8 Å². The molecule has 0 aliphatic heterocycles. The number of imidazole rings is 1. The SMILES string of the molecule is O=CNCCc1nc2ccccc2n1C/C=C/c1ccccc1. The standard InChI is InChI=1S/C19H19N3O/c23-15-20-13-12-19-21-17-10-4-5-11-18(17)22(19)14-6-9-16-7-2-1-3-8-16/h1-11,15H,12-14H2,(H,20,23)/b9-6+. The molecule has 1 aromatic heterocycles. The molecule has 4 heteroatoms. The van der Waals surface area contributed by atoms with Crippen LogP contribution in [0.2, 0.25) is 0 Å². The van der Waals surface area contributed by atoms with Crippen LogP contribution >= 0.6 is 0 Å². The molecule has 4 nitrogen and oxygen atoms in total. The quantitative estimate of drug-likeness (QED) is 0.539. The smallest absolute Gasteiger partial charge is 0.207 e. The van der Waals surface area contributed by atoms with E-state index in [4.69, 9.17) is 0 Å². The first-order valence-electron chi connectivity index (χ1n) is 7.71. The molecule has 23 heavy (non-hydrogen) atoms. The minimum Gasteiger partial charge on any atom is -0.358 e. The van der Waals surface area contributed by atoms with Gasteiger partial charge in [0.2, 0.25) is 6.41 Å². The van der Waals surface area contributed by atoms with Crippen LogP contribution in [0.5, 0.6) is 0 Å². The molecule has 3 rings (SSSR count). The number of carbonyl (C=O) groups excluding carboxylic acids is 1. The van der Waals surface area contributed by atoms with Crippen LogP contribution in [0.1, 0.15) is 11.4 Å². The lowest BCUT2D eigenvalue weighted by Crippen LogP contribution is -2.16. The molecule has 0 saturated heterocycles. The zero-order valence-corrected chi connectivity index (χ0v) is 12.9. The zero-order valence-electron chi connectivity index (χ0n) is 12.9. The van der Waals surface area contributed by atoms with Crippen molar-refractivity contribution in [1.82, 2.24) is 14.9 Å². The van der Waals surface area contributed by atoms with E-state index in [-0.39, 0.29) is 0 Å². The van der Waals surface area contributed by atoms with E-state index in [2.05, 4.69) is 45.2 Å². The summed E-state index contributed by atoms with van der Waals surface area (Å²) in [7, 11) is 0. The molecule has 0 aliphatic rings. The third-order valence-corrected chi connectivity index (χ3v) is 3.71. The lowest BCUT2D eigenvalue weighted by molar-refractivity contribution is -0.109. The molecule has 0 saturated carbocycles. The molecule has 0 fully saturated rings. The molecule has 0 bridgehead atoms. The van der Waals surface area contributed by atoms with Crippen LogP contribution in [0.3, 0.4) is 0 Å². The van der Waals surface area contributed by atoms with Gasteiger partial charge in [0.15, 0.2) is 0 Å². The van der Waals surface area contributed by atoms with E-state index >= 15 is 0 Å². The van der Waals surface area contributed by atoms with Crippen molar-refractivity contribution < 1.29 is 4.79 Å². The molecule has 1 heterocycles. The Bertz CT molecular complexity index is 806. The molecule has 1 N–H and O–H groups in total. The number of nitrogens with one attached hydrogen (secondary N) is 1. The number of para-hydroxylation sites is 2. The van der Waals surface area contributed by atoms with Crippen LogP contribution in [-0.4, -0.2) is 22.5 Å². The zero-order chi connectivity index (χ0) is 15.9. The van der Waals surface area contributed by atoms with Gasteiger partial charge in [-0.05, 0) is 17.7 Å². The number of rotatable bonds is 7. The Hall–Kier alpha value is -2.88. The summed E-state index contributed by atoms with van der Waals surface area (Å²) in [6.45, 7) is 1.35. The molecular formula is C19H19N3O. The number of carbonyl (C=O) groups is 1. The van der Waals surface area contributed by atoms with E-state index in [1.54, 1.807) is 0 Å². The van der Waals surface area contributed by atoms with Crippen LogP contribution < -0.4 is 5.32 Å². The summed E-state index contributed by atoms with van der Waals surface area (Å²) in [6, 6.07) is 18.3. The van der Waals surface area contributed by atoms with Crippen LogP contribution in [0.25, 0.3) is 17.1 Å². The Kier molecular flexibility index (Phi) is 4.84. The number of fused-ring (bicyclic) bond motifs is 1. The van der Waals surface area contributed by atoms with Crippen molar-refractivity contribution in [3.05, 3.63) is 72.1 Å². The molecule has 0 radical (unpaired) electrons. The number of benzene rings is 2. The highest BCUT2D eigenvalue weighted by Crippen LogP contribution is 2.16. The minimum atomic E-state index is 0.592. The fraction of sp³-hybridized carbons (Fsp3) is 0.158. The van der Waals surface area contributed by atoms with Crippen molar-refractivity contribution in [2.75, 3.05) is 6.54 Å². The van der Waals surface area contributed by atoms with Crippen molar-refractivity contribution >= 4 is 23.5 Å². The number of nitrogens with zero attached hydrogens (tertiary/aromatic N) is 2. The van der Waals surface area contributed by atoms with Gasteiger partial charge in [-0.25, -0.2) is 4.98 Å². The molecule has 116 valence electrons. The van der Waals surface area contributed by atoms with Crippen molar-refractivity contribution in [2.45, 2.75) is 13.0 Å². The number of amides is 1. The van der Waals surface area contributed by atoms with Crippen LogP contribution in [0, 0.1) is 0 Å². The monoisotopic (exact) mass is 305 g/mol. The third kappa shape index (κ3) is 3.66. The maximum Gasteiger partial charge on any atom is 0.207 e. The largest absolute Gasteiger partial charge is 0.358 e. The average molecular weight is 305 g/mol. The van der Waals surface area contributed by atoms with E-state index in [0.29, 0.717) is 13.0 Å². The molecule has 0 aliphatic carbocycles. The Labute approximate surface area is 135 Å². The second-order valence-electron chi connectivity index (χ2n) is 5.26. The van der Waals surface area contributed by atoms with E-state index < -0.39 is 0 Å². The molecule has 0 atom stereocenters. The minimum absolute atomic E-state index is 0.592. The number of allylic oxidation sites excluding steroid dienone is 1. The van der Waals surface area contributed by atoms with Gasteiger partial charge < -0.3 is 9.88 Å². The maximum atomic E-state index is 10.4. The molecule has 0 spiro atoms.